The number of amides is 1. The lowest BCUT2D eigenvalue weighted by molar-refractivity contribution is 0.102. The van der Waals surface area contributed by atoms with E-state index in [0.29, 0.717) is 5.56 Å². The van der Waals surface area contributed by atoms with E-state index in [-0.39, 0.29) is 21.6 Å². The SMILES string of the molecule is Cc1ccc(Br)cc1C(=O)Nc1c(Cl)cc(F)cc1Cl. The highest BCUT2D eigenvalue weighted by molar-refractivity contribution is 9.10. The van der Waals surface area contributed by atoms with Gasteiger partial charge in [0.05, 0.1) is 15.7 Å². The monoisotopic (exact) mass is 375 g/mol. The van der Waals surface area contributed by atoms with Crippen LogP contribution in [0.1, 0.15) is 15.9 Å². The molecule has 0 aromatic heterocycles. The van der Waals surface area contributed by atoms with Gasteiger partial charge in [0.1, 0.15) is 5.82 Å². The molecule has 0 unspecified atom stereocenters. The molecule has 0 fully saturated rings. The summed E-state index contributed by atoms with van der Waals surface area (Å²) in [7, 11) is 0. The number of carbonyl (C=O) groups is 1. The van der Waals surface area contributed by atoms with Gasteiger partial charge in [-0.25, -0.2) is 4.39 Å². The molecule has 0 spiro atoms. The van der Waals surface area contributed by atoms with Crippen LogP contribution in [0.5, 0.6) is 0 Å². The van der Waals surface area contributed by atoms with Crippen molar-refractivity contribution in [2.75, 3.05) is 5.32 Å². The Morgan fingerprint density at radius 2 is 1.80 bits per heavy atom. The van der Waals surface area contributed by atoms with E-state index in [1.54, 1.807) is 6.07 Å². The van der Waals surface area contributed by atoms with E-state index in [9.17, 15) is 9.18 Å². The van der Waals surface area contributed by atoms with Crippen molar-refractivity contribution < 1.29 is 9.18 Å². The summed E-state index contributed by atoms with van der Waals surface area (Å²) in [5, 5.41) is 2.70. The molecular weight excluding hydrogens is 368 g/mol. The molecule has 0 aliphatic carbocycles. The van der Waals surface area contributed by atoms with Crippen molar-refractivity contribution in [3.8, 4) is 0 Å². The lowest BCUT2D eigenvalue weighted by Gasteiger charge is -2.11. The van der Waals surface area contributed by atoms with E-state index in [1.807, 2.05) is 19.1 Å². The van der Waals surface area contributed by atoms with Gasteiger partial charge in [0.15, 0.2) is 0 Å². The first-order valence-electron chi connectivity index (χ1n) is 5.60. The van der Waals surface area contributed by atoms with Crippen LogP contribution in [-0.4, -0.2) is 5.91 Å². The molecule has 20 heavy (non-hydrogen) atoms. The van der Waals surface area contributed by atoms with Gasteiger partial charge in [-0.2, -0.15) is 0 Å². The maximum atomic E-state index is 13.1. The molecule has 0 aliphatic heterocycles. The van der Waals surface area contributed by atoms with Gasteiger partial charge in [-0.05, 0) is 36.8 Å². The quantitative estimate of drug-likeness (QED) is 0.741. The second-order valence-electron chi connectivity index (χ2n) is 4.16. The summed E-state index contributed by atoms with van der Waals surface area (Å²) in [6, 6.07) is 7.53. The van der Waals surface area contributed by atoms with E-state index < -0.39 is 5.82 Å². The van der Waals surface area contributed by atoms with Crippen molar-refractivity contribution in [3.63, 3.8) is 0 Å². The first-order chi connectivity index (χ1) is 9.38. The van der Waals surface area contributed by atoms with Crippen molar-refractivity contribution in [2.24, 2.45) is 0 Å². The van der Waals surface area contributed by atoms with Crippen LogP contribution in [0.15, 0.2) is 34.8 Å². The van der Waals surface area contributed by atoms with Gasteiger partial charge in [-0.15, -0.1) is 0 Å². The number of benzene rings is 2. The third-order valence-corrected chi connectivity index (χ3v) is 3.78. The summed E-state index contributed by atoms with van der Waals surface area (Å²) in [6.07, 6.45) is 0. The molecule has 0 saturated heterocycles. The average molecular weight is 377 g/mol. The summed E-state index contributed by atoms with van der Waals surface area (Å²) >= 11 is 15.1. The summed E-state index contributed by atoms with van der Waals surface area (Å²) in [5.41, 5.74) is 1.48. The smallest absolute Gasteiger partial charge is 0.256 e. The number of hydrogen-bond acceptors (Lipinski definition) is 1. The van der Waals surface area contributed by atoms with E-state index in [4.69, 9.17) is 23.2 Å². The van der Waals surface area contributed by atoms with Gasteiger partial charge in [0, 0.05) is 10.0 Å². The van der Waals surface area contributed by atoms with E-state index in [2.05, 4.69) is 21.2 Å². The molecule has 0 atom stereocenters. The van der Waals surface area contributed by atoms with Crippen LogP contribution < -0.4 is 5.32 Å². The summed E-state index contributed by atoms with van der Waals surface area (Å²) < 4.78 is 13.9. The van der Waals surface area contributed by atoms with Crippen molar-refractivity contribution in [3.05, 3.63) is 61.8 Å². The maximum Gasteiger partial charge on any atom is 0.256 e. The molecule has 2 rings (SSSR count). The minimum Gasteiger partial charge on any atom is -0.319 e. The molecule has 1 N–H and O–H groups in total. The van der Waals surface area contributed by atoms with Crippen LogP contribution in [-0.2, 0) is 0 Å². The highest BCUT2D eigenvalue weighted by atomic mass is 79.9. The fraction of sp³-hybridized carbons (Fsp3) is 0.0714. The van der Waals surface area contributed by atoms with Gasteiger partial charge in [-0.1, -0.05) is 45.2 Å². The Kier molecular flexibility index (Phi) is 4.68. The van der Waals surface area contributed by atoms with Crippen LogP contribution in [0.3, 0.4) is 0 Å². The molecular formula is C14H9BrCl2FNO. The van der Waals surface area contributed by atoms with Crippen molar-refractivity contribution in [2.45, 2.75) is 6.92 Å². The Morgan fingerprint density at radius 3 is 2.40 bits per heavy atom. The van der Waals surface area contributed by atoms with Crippen LogP contribution in [0.2, 0.25) is 10.0 Å². The average Bonchev–Trinajstić information content (AvgIpc) is 2.36. The zero-order valence-corrected chi connectivity index (χ0v) is 13.4. The molecule has 2 aromatic carbocycles. The lowest BCUT2D eigenvalue weighted by atomic mass is 10.1. The zero-order valence-electron chi connectivity index (χ0n) is 10.3. The Morgan fingerprint density at radius 1 is 1.20 bits per heavy atom. The molecule has 0 saturated carbocycles. The lowest BCUT2D eigenvalue weighted by Crippen LogP contribution is -2.14. The summed E-state index contributed by atoms with van der Waals surface area (Å²) in [5.74, 6) is -0.921. The van der Waals surface area contributed by atoms with Crippen molar-refractivity contribution >= 4 is 50.7 Å². The minimum absolute atomic E-state index is 0.0519. The van der Waals surface area contributed by atoms with Crippen molar-refractivity contribution in [1.82, 2.24) is 0 Å². The number of nitrogens with one attached hydrogen (secondary N) is 1. The number of aryl methyl sites for hydroxylation is 1. The van der Waals surface area contributed by atoms with Gasteiger partial charge in [-0.3, -0.25) is 4.79 Å². The van der Waals surface area contributed by atoms with Crippen LogP contribution in [0, 0.1) is 12.7 Å². The first kappa shape index (κ1) is 15.3. The molecule has 1 amide bonds. The molecule has 0 bridgehead atoms. The highest BCUT2D eigenvalue weighted by Gasteiger charge is 2.15. The second-order valence-corrected chi connectivity index (χ2v) is 5.89. The van der Waals surface area contributed by atoms with Crippen molar-refractivity contribution in [1.29, 1.82) is 0 Å². The molecule has 6 heteroatoms. The third kappa shape index (κ3) is 3.32. The van der Waals surface area contributed by atoms with E-state index >= 15 is 0 Å². The fourth-order valence-corrected chi connectivity index (χ4v) is 2.60. The Balaban J connectivity index is 2.35. The van der Waals surface area contributed by atoms with Gasteiger partial charge in [0.2, 0.25) is 0 Å². The van der Waals surface area contributed by atoms with Crippen LogP contribution >= 0.6 is 39.1 Å². The number of carbonyl (C=O) groups excluding carboxylic acids is 1. The van der Waals surface area contributed by atoms with Gasteiger partial charge >= 0.3 is 0 Å². The predicted octanol–water partition coefficient (Wildman–Crippen LogP) is 5.46. The highest BCUT2D eigenvalue weighted by Crippen LogP contribution is 2.32. The van der Waals surface area contributed by atoms with E-state index in [1.165, 1.54) is 0 Å². The summed E-state index contributed by atoms with van der Waals surface area (Å²) in [4.78, 5) is 12.2. The molecule has 0 aliphatic rings. The molecule has 0 heterocycles. The molecule has 2 aromatic rings. The predicted molar refractivity (Wildman–Crippen MR) is 83.3 cm³/mol. The molecule has 104 valence electrons. The molecule has 2 nitrogen and oxygen atoms in total. The minimum atomic E-state index is -0.559. The normalized spacial score (nSPS) is 10.4. The summed E-state index contributed by atoms with van der Waals surface area (Å²) in [6.45, 7) is 1.81. The fourth-order valence-electron chi connectivity index (χ4n) is 1.68. The Hall–Kier alpha value is -1.10. The zero-order chi connectivity index (χ0) is 14.9. The molecule has 0 radical (unpaired) electrons. The second kappa shape index (κ2) is 6.12. The van der Waals surface area contributed by atoms with Crippen LogP contribution in [0.4, 0.5) is 10.1 Å². The first-order valence-corrected chi connectivity index (χ1v) is 7.15. The maximum absolute atomic E-state index is 13.1. The number of rotatable bonds is 2. The number of anilines is 1. The standard InChI is InChI=1S/C14H9BrCl2FNO/c1-7-2-3-8(15)4-10(7)14(20)19-13-11(16)5-9(18)6-12(13)17/h2-6H,1H3,(H,19,20). The van der Waals surface area contributed by atoms with Gasteiger partial charge < -0.3 is 5.32 Å². The largest absolute Gasteiger partial charge is 0.319 e. The topological polar surface area (TPSA) is 29.1 Å². The Bertz CT molecular complexity index is 668. The van der Waals surface area contributed by atoms with Gasteiger partial charge in [0.25, 0.3) is 5.91 Å². The Labute approximate surface area is 134 Å². The third-order valence-electron chi connectivity index (χ3n) is 2.69. The van der Waals surface area contributed by atoms with Crippen LogP contribution in [0.25, 0.3) is 0 Å². The number of halogens is 4. The van der Waals surface area contributed by atoms with E-state index in [0.717, 1.165) is 22.2 Å². The number of hydrogen-bond donors (Lipinski definition) is 1.